The lowest BCUT2D eigenvalue weighted by Gasteiger charge is -1.96. The number of oxazole rings is 1. The first kappa shape index (κ1) is 10.9. The number of hydrogen-bond acceptors (Lipinski definition) is 3. The Bertz CT molecular complexity index is 423. The molecule has 0 aliphatic heterocycles. The van der Waals surface area contributed by atoms with E-state index in [4.69, 9.17) is 4.42 Å². The number of aromatic nitrogens is 1. The normalized spacial score (nSPS) is 10.6. The molecule has 2 aromatic rings. The Balaban J connectivity index is 1.97. The minimum absolute atomic E-state index is 0.764. The highest BCUT2D eigenvalue weighted by atomic mass is 16.4. The molecule has 0 amide bonds. The van der Waals surface area contributed by atoms with E-state index in [2.05, 4.69) is 22.4 Å². The molecule has 3 heteroatoms. The maximum atomic E-state index is 5.64. The van der Waals surface area contributed by atoms with Gasteiger partial charge in [-0.05, 0) is 12.6 Å². The molecule has 0 bridgehead atoms. The predicted molar refractivity (Wildman–Crippen MR) is 63.4 cm³/mol. The first-order chi connectivity index (χ1) is 7.88. The Kier molecular flexibility index (Phi) is 3.72. The number of nitrogens with zero attached hydrogens (tertiary/aromatic N) is 1. The van der Waals surface area contributed by atoms with Crippen LogP contribution in [0.15, 0.2) is 40.9 Å². The highest BCUT2D eigenvalue weighted by Crippen LogP contribution is 2.10. The summed E-state index contributed by atoms with van der Waals surface area (Å²) in [4.78, 5) is 4.27. The van der Waals surface area contributed by atoms with E-state index in [0.717, 1.165) is 31.0 Å². The lowest BCUT2D eigenvalue weighted by atomic mass is 10.2. The molecule has 1 aromatic carbocycles. The Morgan fingerprint density at radius 1 is 1.25 bits per heavy atom. The van der Waals surface area contributed by atoms with E-state index in [-0.39, 0.29) is 0 Å². The number of rotatable bonds is 5. The number of benzene rings is 1. The van der Waals surface area contributed by atoms with Gasteiger partial charge in [0, 0.05) is 19.4 Å². The summed E-state index contributed by atoms with van der Waals surface area (Å²) in [5.74, 6) is 1.73. The topological polar surface area (TPSA) is 38.1 Å². The van der Waals surface area contributed by atoms with Crippen LogP contribution in [0.2, 0.25) is 0 Å². The summed E-state index contributed by atoms with van der Waals surface area (Å²) in [5.41, 5.74) is 1.23. The zero-order valence-corrected chi connectivity index (χ0v) is 9.44. The SMILES string of the molecule is CNCCc1cnc(Cc2ccccc2)o1. The van der Waals surface area contributed by atoms with Gasteiger partial charge in [-0.2, -0.15) is 0 Å². The molecule has 0 saturated heterocycles. The van der Waals surface area contributed by atoms with E-state index < -0.39 is 0 Å². The van der Waals surface area contributed by atoms with Gasteiger partial charge in [0.1, 0.15) is 5.76 Å². The minimum atomic E-state index is 0.764. The molecule has 0 fully saturated rings. The van der Waals surface area contributed by atoms with Crippen LogP contribution < -0.4 is 5.32 Å². The van der Waals surface area contributed by atoms with Crippen molar-refractivity contribution < 1.29 is 4.42 Å². The molecule has 84 valence electrons. The van der Waals surface area contributed by atoms with Gasteiger partial charge in [0.15, 0.2) is 5.89 Å². The molecule has 2 rings (SSSR count). The quantitative estimate of drug-likeness (QED) is 0.831. The van der Waals surface area contributed by atoms with Gasteiger partial charge in [0.05, 0.1) is 6.20 Å². The molecule has 0 saturated carbocycles. The van der Waals surface area contributed by atoms with Crippen LogP contribution in [0.25, 0.3) is 0 Å². The summed E-state index contributed by atoms with van der Waals surface area (Å²) < 4.78 is 5.64. The summed E-state index contributed by atoms with van der Waals surface area (Å²) in [5, 5.41) is 3.09. The van der Waals surface area contributed by atoms with Gasteiger partial charge in [0.25, 0.3) is 0 Å². The van der Waals surface area contributed by atoms with Gasteiger partial charge in [0.2, 0.25) is 0 Å². The predicted octanol–water partition coefficient (Wildman–Crippen LogP) is 2.03. The maximum absolute atomic E-state index is 5.64. The molecule has 0 radical (unpaired) electrons. The average Bonchev–Trinajstić information content (AvgIpc) is 2.75. The number of hydrogen-bond donors (Lipinski definition) is 1. The van der Waals surface area contributed by atoms with Gasteiger partial charge >= 0.3 is 0 Å². The van der Waals surface area contributed by atoms with Crippen LogP contribution in [0.4, 0.5) is 0 Å². The van der Waals surface area contributed by atoms with Crippen LogP contribution >= 0.6 is 0 Å². The van der Waals surface area contributed by atoms with Crippen molar-refractivity contribution in [2.45, 2.75) is 12.8 Å². The molecule has 0 aliphatic rings. The summed E-state index contributed by atoms with van der Waals surface area (Å²) in [7, 11) is 1.93. The van der Waals surface area contributed by atoms with Crippen molar-refractivity contribution in [1.29, 1.82) is 0 Å². The van der Waals surface area contributed by atoms with Crippen LogP contribution in [0.3, 0.4) is 0 Å². The fourth-order valence-corrected chi connectivity index (χ4v) is 1.56. The summed E-state index contributed by atoms with van der Waals surface area (Å²) in [6.07, 6.45) is 3.47. The molecule has 1 aromatic heterocycles. The maximum Gasteiger partial charge on any atom is 0.198 e. The van der Waals surface area contributed by atoms with Gasteiger partial charge in [-0.25, -0.2) is 4.98 Å². The Morgan fingerprint density at radius 2 is 2.06 bits per heavy atom. The van der Waals surface area contributed by atoms with Crippen LogP contribution in [0, 0.1) is 0 Å². The molecule has 1 N–H and O–H groups in total. The zero-order valence-electron chi connectivity index (χ0n) is 9.44. The Morgan fingerprint density at radius 3 is 2.81 bits per heavy atom. The lowest BCUT2D eigenvalue weighted by Crippen LogP contribution is -2.09. The fourth-order valence-electron chi connectivity index (χ4n) is 1.56. The Labute approximate surface area is 95.5 Å². The van der Waals surface area contributed by atoms with Gasteiger partial charge in [-0.15, -0.1) is 0 Å². The van der Waals surface area contributed by atoms with E-state index in [1.165, 1.54) is 5.56 Å². The fraction of sp³-hybridized carbons (Fsp3) is 0.308. The molecule has 0 unspecified atom stereocenters. The number of nitrogens with one attached hydrogen (secondary N) is 1. The summed E-state index contributed by atoms with van der Waals surface area (Å²) in [6, 6.07) is 10.2. The molecular formula is C13H16N2O. The highest BCUT2D eigenvalue weighted by Gasteiger charge is 2.04. The molecular weight excluding hydrogens is 200 g/mol. The first-order valence-corrected chi connectivity index (χ1v) is 5.50. The van der Waals surface area contributed by atoms with Crippen molar-refractivity contribution >= 4 is 0 Å². The summed E-state index contributed by atoms with van der Waals surface area (Å²) >= 11 is 0. The second-order valence-electron chi connectivity index (χ2n) is 3.74. The van der Waals surface area contributed by atoms with Gasteiger partial charge < -0.3 is 9.73 Å². The van der Waals surface area contributed by atoms with Crippen molar-refractivity contribution in [3.8, 4) is 0 Å². The summed E-state index contributed by atoms with van der Waals surface area (Å²) in [6.45, 7) is 0.917. The van der Waals surface area contributed by atoms with E-state index in [0.29, 0.717) is 0 Å². The van der Waals surface area contributed by atoms with Crippen molar-refractivity contribution in [2.24, 2.45) is 0 Å². The van der Waals surface area contributed by atoms with Crippen LogP contribution in [-0.4, -0.2) is 18.6 Å². The Hall–Kier alpha value is -1.61. The van der Waals surface area contributed by atoms with Gasteiger partial charge in [-0.1, -0.05) is 30.3 Å². The van der Waals surface area contributed by atoms with E-state index in [1.54, 1.807) is 0 Å². The number of likely N-dealkylation sites (N-methyl/N-ethyl adjacent to an activating group) is 1. The second-order valence-corrected chi connectivity index (χ2v) is 3.74. The average molecular weight is 216 g/mol. The van der Waals surface area contributed by atoms with Crippen molar-refractivity contribution in [2.75, 3.05) is 13.6 Å². The lowest BCUT2D eigenvalue weighted by molar-refractivity contribution is 0.460. The molecule has 0 atom stereocenters. The molecule has 0 spiro atoms. The zero-order chi connectivity index (χ0) is 11.2. The van der Waals surface area contributed by atoms with E-state index in [9.17, 15) is 0 Å². The van der Waals surface area contributed by atoms with Crippen LogP contribution in [0.1, 0.15) is 17.2 Å². The first-order valence-electron chi connectivity index (χ1n) is 5.50. The largest absolute Gasteiger partial charge is 0.445 e. The molecule has 0 aliphatic carbocycles. The standard InChI is InChI=1S/C13H16N2O/c1-14-8-7-12-10-15-13(16-12)9-11-5-3-2-4-6-11/h2-6,10,14H,7-9H2,1H3. The van der Waals surface area contributed by atoms with E-state index in [1.807, 2.05) is 31.4 Å². The smallest absolute Gasteiger partial charge is 0.198 e. The van der Waals surface area contributed by atoms with Gasteiger partial charge in [-0.3, -0.25) is 0 Å². The monoisotopic (exact) mass is 216 g/mol. The van der Waals surface area contributed by atoms with Crippen molar-refractivity contribution in [3.05, 3.63) is 53.7 Å². The molecule has 16 heavy (non-hydrogen) atoms. The van der Waals surface area contributed by atoms with E-state index >= 15 is 0 Å². The molecule has 1 heterocycles. The minimum Gasteiger partial charge on any atom is -0.445 e. The van der Waals surface area contributed by atoms with Crippen molar-refractivity contribution in [3.63, 3.8) is 0 Å². The third kappa shape index (κ3) is 2.94. The third-order valence-electron chi connectivity index (χ3n) is 2.42. The second kappa shape index (κ2) is 5.47. The van der Waals surface area contributed by atoms with Crippen LogP contribution in [-0.2, 0) is 12.8 Å². The third-order valence-corrected chi connectivity index (χ3v) is 2.42. The van der Waals surface area contributed by atoms with Crippen LogP contribution in [0.5, 0.6) is 0 Å². The van der Waals surface area contributed by atoms with Crippen molar-refractivity contribution in [1.82, 2.24) is 10.3 Å². The molecule has 3 nitrogen and oxygen atoms in total. The highest BCUT2D eigenvalue weighted by molar-refractivity contribution is 5.18.